The molecule has 3 aromatic carbocycles. The minimum atomic E-state index is -3.91. The number of rotatable bonds is 12. The Morgan fingerprint density at radius 2 is 1.40 bits per heavy atom. The van der Waals surface area contributed by atoms with Gasteiger partial charge in [-0.25, -0.2) is 28.1 Å². The second kappa shape index (κ2) is 14.1. The maximum atomic E-state index is 13.3. The van der Waals surface area contributed by atoms with E-state index in [2.05, 4.69) is 30.2 Å². The summed E-state index contributed by atoms with van der Waals surface area (Å²) in [6.45, 7) is 1.88. The van der Waals surface area contributed by atoms with Gasteiger partial charge in [-0.1, -0.05) is 18.7 Å². The van der Waals surface area contributed by atoms with Crippen molar-refractivity contribution in [3.8, 4) is 34.0 Å². The van der Waals surface area contributed by atoms with Crippen LogP contribution in [0.2, 0.25) is 0 Å². The van der Waals surface area contributed by atoms with Gasteiger partial charge in [0, 0.05) is 29.2 Å². The van der Waals surface area contributed by atoms with Gasteiger partial charge in [0.25, 0.3) is 10.0 Å². The highest BCUT2D eigenvalue weighted by molar-refractivity contribution is 8.00. The molecular weight excluding hydrogens is 615 g/mol. The highest BCUT2D eigenvalue weighted by Crippen LogP contribution is 2.33. The fourth-order valence-corrected chi connectivity index (χ4v) is 5.95. The number of benzene rings is 3. The molecule has 0 spiro atoms. The number of amides is 1. The number of nitrogens with zero attached hydrogens (tertiary/aromatic N) is 5. The van der Waals surface area contributed by atoms with Crippen molar-refractivity contribution < 1.29 is 22.7 Å². The number of carbonyl (C=O) groups excluding carboxylic acids is 1. The van der Waals surface area contributed by atoms with E-state index in [-0.39, 0.29) is 16.8 Å². The molecule has 0 saturated heterocycles. The normalized spacial score (nSPS) is 11.8. The first-order chi connectivity index (χ1) is 21.8. The molecule has 230 valence electrons. The average molecular weight is 644 g/mol. The lowest BCUT2D eigenvalue weighted by molar-refractivity contribution is -0.115. The Labute approximate surface area is 264 Å². The number of thioether (sulfide) groups is 1. The third-order valence-corrected chi connectivity index (χ3v) is 9.09. The lowest BCUT2D eigenvalue weighted by Gasteiger charge is -2.15. The molecule has 0 bridgehead atoms. The molecule has 1 unspecified atom stereocenters. The highest BCUT2D eigenvalue weighted by atomic mass is 32.2. The van der Waals surface area contributed by atoms with E-state index in [1.807, 2.05) is 55.5 Å². The third-order valence-electron chi connectivity index (χ3n) is 6.53. The predicted octanol–water partition coefficient (Wildman–Crippen LogP) is 5.32. The number of ether oxygens (including phenoxy) is 2. The van der Waals surface area contributed by atoms with Crippen molar-refractivity contribution in [3.05, 3.63) is 91.3 Å². The Kier molecular flexibility index (Phi) is 9.85. The van der Waals surface area contributed by atoms with E-state index < -0.39 is 15.3 Å². The molecule has 0 fully saturated rings. The van der Waals surface area contributed by atoms with Crippen molar-refractivity contribution in [2.75, 3.05) is 24.3 Å². The number of anilines is 2. The Balaban J connectivity index is 1.34. The van der Waals surface area contributed by atoms with Crippen LogP contribution in [0.4, 0.5) is 11.6 Å². The molecule has 0 aliphatic heterocycles. The van der Waals surface area contributed by atoms with Crippen molar-refractivity contribution in [3.63, 3.8) is 0 Å². The first kappa shape index (κ1) is 31.3. The first-order valence-electron chi connectivity index (χ1n) is 13.7. The molecule has 2 heterocycles. The monoisotopic (exact) mass is 643 g/mol. The van der Waals surface area contributed by atoms with Crippen LogP contribution >= 0.6 is 11.8 Å². The van der Waals surface area contributed by atoms with Gasteiger partial charge in [0.2, 0.25) is 17.0 Å². The number of hydrogen-bond donors (Lipinski definition) is 2. The number of carbonyl (C=O) groups is 1. The van der Waals surface area contributed by atoms with Gasteiger partial charge in [-0.3, -0.25) is 4.79 Å². The van der Waals surface area contributed by atoms with Gasteiger partial charge in [0.05, 0.1) is 24.4 Å². The quantitative estimate of drug-likeness (QED) is 0.169. The molecule has 0 radical (unpaired) electrons. The van der Waals surface area contributed by atoms with Crippen LogP contribution in [0.25, 0.3) is 22.5 Å². The summed E-state index contributed by atoms with van der Waals surface area (Å²) >= 11 is 1.19. The van der Waals surface area contributed by atoms with Gasteiger partial charge in [0.1, 0.15) is 22.9 Å². The highest BCUT2D eigenvalue weighted by Gasteiger charge is 2.23. The Hall–Kier alpha value is -5.08. The summed E-state index contributed by atoms with van der Waals surface area (Å²) in [5.74, 6) is 1.09. The molecule has 1 atom stereocenters. The van der Waals surface area contributed by atoms with Gasteiger partial charge in [-0.2, -0.15) is 0 Å². The van der Waals surface area contributed by atoms with Crippen LogP contribution in [0, 0.1) is 0 Å². The van der Waals surface area contributed by atoms with Crippen molar-refractivity contribution in [1.82, 2.24) is 25.1 Å². The zero-order valence-corrected chi connectivity index (χ0v) is 26.2. The molecule has 5 aromatic rings. The lowest BCUT2D eigenvalue weighted by atomic mass is 10.0. The average Bonchev–Trinajstić information content (AvgIpc) is 3.07. The maximum Gasteiger partial charge on any atom is 0.264 e. The summed E-state index contributed by atoms with van der Waals surface area (Å²) in [4.78, 5) is 25.8. The second-order valence-corrected chi connectivity index (χ2v) is 12.3. The molecule has 2 aromatic heterocycles. The summed E-state index contributed by atoms with van der Waals surface area (Å²) in [6.07, 6.45) is 3.34. The number of aromatic nitrogens is 5. The zero-order valence-electron chi connectivity index (χ0n) is 24.5. The van der Waals surface area contributed by atoms with Crippen LogP contribution < -0.4 is 19.5 Å². The van der Waals surface area contributed by atoms with Crippen LogP contribution in [0.15, 0.2) is 101 Å². The van der Waals surface area contributed by atoms with Crippen molar-refractivity contribution in [1.29, 1.82) is 0 Å². The van der Waals surface area contributed by atoms with E-state index in [4.69, 9.17) is 14.5 Å². The van der Waals surface area contributed by atoms with Gasteiger partial charge >= 0.3 is 0 Å². The molecule has 1 amide bonds. The summed E-state index contributed by atoms with van der Waals surface area (Å²) in [6, 6.07) is 22.3. The summed E-state index contributed by atoms with van der Waals surface area (Å²) in [7, 11) is -0.704. The molecule has 45 heavy (non-hydrogen) atoms. The number of sulfonamides is 1. The maximum absolute atomic E-state index is 13.3. The topological polar surface area (TPSA) is 158 Å². The van der Waals surface area contributed by atoms with E-state index in [9.17, 15) is 13.2 Å². The second-order valence-electron chi connectivity index (χ2n) is 9.45. The van der Waals surface area contributed by atoms with Gasteiger partial charge < -0.3 is 14.8 Å². The number of nitrogens with one attached hydrogen (secondary N) is 2. The largest absolute Gasteiger partial charge is 0.497 e. The van der Waals surface area contributed by atoms with E-state index in [1.165, 1.54) is 48.4 Å². The van der Waals surface area contributed by atoms with E-state index in [0.29, 0.717) is 40.2 Å². The smallest absolute Gasteiger partial charge is 0.264 e. The van der Waals surface area contributed by atoms with E-state index in [1.54, 1.807) is 20.3 Å². The minimum absolute atomic E-state index is 0.00291. The Bertz CT molecular complexity index is 1860. The summed E-state index contributed by atoms with van der Waals surface area (Å²) < 4.78 is 38.3. The molecule has 14 heteroatoms. The van der Waals surface area contributed by atoms with Crippen molar-refractivity contribution >= 4 is 39.3 Å². The van der Waals surface area contributed by atoms with Crippen LogP contribution in [-0.4, -0.2) is 58.9 Å². The molecule has 0 saturated carbocycles. The third kappa shape index (κ3) is 7.72. The molecule has 2 N–H and O–H groups in total. The molecule has 5 rings (SSSR count). The van der Waals surface area contributed by atoms with Crippen LogP contribution in [-0.2, 0) is 14.8 Å². The fraction of sp³-hybridized carbons (Fsp3) is 0.161. The van der Waals surface area contributed by atoms with Crippen molar-refractivity contribution in [2.45, 2.75) is 28.6 Å². The van der Waals surface area contributed by atoms with E-state index >= 15 is 0 Å². The van der Waals surface area contributed by atoms with Gasteiger partial charge in [-0.15, -0.1) is 10.2 Å². The summed E-state index contributed by atoms with van der Waals surface area (Å²) in [5, 5.41) is 11.5. The predicted molar refractivity (Wildman–Crippen MR) is 172 cm³/mol. The molecule has 12 nitrogen and oxygen atoms in total. The number of methoxy groups -OCH3 is 2. The molecular formula is C31H29N7O5S2. The zero-order chi connectivity index (χ0) is 31.8. The Morgan fingerprint density at radius 1 is 0.822 bits per heavy atom. The van der Waals surface area contributed by atoms with Crippen LogP contribution in [0.3, 0.4) is 0 Å². The molecule has 0 aliphatic rings. The van der Waals surface area contributed by atoms with Gasteiger partial charge in [-0.05, 0) is 85.3 Å². The number of hydrogen-bond acceptors (Lipinski definition) is 11. The lowest BCUT2D eigenvalue weighted by Crippen LogP contribution is -2.25. The fourth-order valence-electron chi connectivity index (χ4n) is 4.18. The van der Waals surface area contributed by atoms with Crippen LogP contribution in [0.5, 0.6) is 11.5 Å². The SMILES string of the molecule is CCC(Sc1nnc(-c2ccc(OC)cc2)c(-c2ccc(OC)cc2)n1)C(=O)Nc1ccc(S(=O)(=O)Nc2ncccn2)cc1. The minimum Gasteiger partial charge on any atom is -0.497 e. The Morgan fingerprint density at radius 3 is 1.96 bits per heavy atom. The van der Waals surface area contributed by atoms with Crippen LogP contribution in [0.1, 0.15) is 13.3 Å². The standard InChI is InChI=1S/C31H29N7O5S2/c1-4-26(29(39)34-22-10-16-25(17-11-22)45(40,41)38-30-32-18-5-19-33-30)44-31-35-27(20-6-12-23(42-2)13-7-20)28(36-37-31)21-8-14-24(43-3)15-9-21/h5-19,26H,4H2,1-3H3,(H,34,39)(H,32,33,38). The first-order valence-corrected chi connectivity index (χ1v) is 16.1. The molecule has 0 aliphatic carbocycles. The van der Waals surface area contributed by atoms with Gasteiger partial charge in [0.15, 0.2) is 0 Å². The van der Waals surface area contributed by atoms with E-state index in [0.717, 1.165) is 11.1 Å². The van der Waals surface area contributed by atoms with Crippen molar-refractivity contribution in [2.24, 2.45) is 0 Å². The summed E-state index contributed by atoms with van der Waals surface area (Å²) in [5.41, 5.74) is 3.22.